The van der Waals surface area contributed by atoms with E-state index >= 15 is 0 Å². The van der Waals surface area contributed by atoms with Crippen molar-refractivity contribution in [1.29, 1.82) is 0 Å². The van der Waals surface area contributed by atoms with E-state index in [1.807, 2.05) is 53.7 Å². The van der Waals surface area contributed by atoms with Crippen LogP contribution in [0.15, 0.2) is 57.4 Å². The number of benzene rings is 3. The zero-order valence-corrected chi connectivity index (χ0v) is 19.1. The molecule has 0 aliphatic heterocycles. The molecular formula is C27H34O2. The third-order valence-electron chi connectivity index (χ3n) is 4.69. The average molecular weight is 391 g/mol. The monoisotopic (exact) mass is 390 g/mol. The van der Waals surface area contributed by atoms with E-state index < -0.39 is 0 Å². The second-order valence-corrected chi connectivity index (χ2v) is 6.23. The van der Waals surface area contributed by atoms with E-state index in [1.165, 1.54) is 21.9 Å². The average Bonchev–Trinajstić information content (AvgIpc) is 3.32. The van der Waals surface area contributed by atoms with Crippen LogP contribution in [-0.4, -0.2) is 0 Å². The third kappa shape index (κ3) is 4.17. The zero-order valence-electron chi connectivity index (χ0n) is 19.1. The van der Waals surface area contributed by atoms with Gasteiger partial charge in [-0.3, -0.25) is 0 Å². The number of aryl methyl sites for hydroxylation is 2. The highest BCUT2D eigenvalue weighted by molar-refractivity contribution is 6.15. The summed E-state index contributed by atoms with van der Waals surface area (Å²) in [5.41, 5.74) is 6.20. The van der Waals surface area contributed by atoms with Gasteiger partial charge in [0.05, 0.1) is 0 Å². The summed E-state index contributed by atoms with van der Waals surface area (Å²) in [4.78, 5) is 0. The molecule has 0 aliphatic rings. The predicted molar refractivity (Wildman–Crippen MR) is 129 cm³/mol. The SMILES string of the molecule is CC.CC.CC.CCc1ccc2oc3cc4oc5ccc(C)cc5c4cc3c2c1. The van der Waals surface area contributed by atoms with E-state index in [0.29, 0.717) is 0 Å². The molecule has 2 heterocycles. The Morgan fingerprint density at radius 3 is 1.59 bits per heavy atom. The lowest BCUT2D eigenvalue weighted by molar-refractivity contribution is 0.656. The van der Waals surface area contributed by atoms with Gasteiger partial charge in [-0.05, 0) is 49.2 Å². The Labute approximate surface area is 174 Å². The van der Waals surface area contributed by atoms with Crippen molar-refractivity contribution < 1.29 is 8.83 Å². The number of rotatable bonds is 1. The Kier molecular flexibility index (Phi) is 7.90. The van der Waals surface area contributed by atoms with E-state index in [2.05, 4.69) is 50.2 Å². The van der Waals surface area contributed by atoms with Crippen LogP contribution in [0.2, 0.25) is 0 Å². The fourth-order valence-electron chi connectivity index (χ4n) is 3.43. The molecule has 3 aromatic carbocycles. The third-order valence-corrected chi connectivity index (χ3v) is 4.69. The fourth-order valence-corrected chi connectivity index (χ4v) is 3.43. The van der Waals surface area contributed by atoms with Crippen molar-refractivity contribution >= 4 is 43.9 Å². The molecule has 0 atom stereocenters. The van der Waals surface area contributed by atoms with Gasteiger partial charge in [0.2, 0.25) is 0 Å². The second-order valence-electron chi connectivity index (χ2n) is 6.23. The van der Waals surface area contributed by atoms with Gasteiger partial charge < -0.3 is 8.83 Å². The number of fused-ring (bicyclic) bond motifs is 6. The first-order valence-corrected chi connectivity index (χ1v) is 11.0. The van der Waals surface area contributed by atoms with Crippen LogP contribution < -0.4 is 0 Å². The molecule has 0 saturated heterocycles. The first kappa shape index (κ1) is 22.5. The van der Waals surface area contributed by atoms with Gasteiger partial charge in [-0.15, -0.1) is 0 Å². The molecular weight excluding hydrogens is 356 g/mol. The van der Waals surface area contributed by atoms with Crippen LogP contribution in [0.25, 0.3) is 43.9 Å². The Balaban J connectivity index is 0.000000461. The molecule has 0 bridgehead atoms. The van der Waals surface area contributed by atoms with Gasteiger partial charge in [0.1, 0.15) is 22.3 Å². The highest BCUT2D eigenvalue weighted by Gasteiger charge is 2.13. The molecule has 0 fully saturated rings. The van der Waals surface area contributed by atoms with Gasteiger partial charge in [0.25, 0.3) is 0 Å². The largest absolute Gasteiger partial charge is 0.456 e. The molecule has 0 radical (unpaired) electrons. The van der Waals surface area contributed by atoms with E-state index in [1.54, 1.807) is 0 Å². The quantitative estimate of drug-likeness (QED) is 0.285. The summed E-state index contributed by atoms with van der Waals surface area (Å²) in [5, 5.41) is 4.67. The van der Waals surface area contributed by atoms with Crippen LogP contribution in [0.3, 0.4) is 0 Å². The van der Waals surface area contributed by atoms with E-state index in [9.17, 15) is 0 Å². The van der Waals surface area contributed by atoms with Gasteiger partial charge in [-0.2, -0.15) is 0 Å². The predicted octanol–water partition coefficient (Wildman–Crippen LogP) is 9.43. The molecule has 2 nitrogen and oxygen atoms in total. The van der Waals surface area contributed by atoms with Gasteiger partial charge in [0.15, 0.2) is 0 Å². The van der Waals surface area contributed by atoms with Crippen LogP contribution in [0.5, 0.6) is 0 Å². The summed E-state index contributed by atoms with van der Waals surface area (Å²) in [6.45, 7) is 16.3. The minimum absolute atomic E-state index is 0.882. The van der Waals surface area contributed by atoms with Gasteiger partial charge in [-0.25, -0.2) is 0 Å². The molecule has 5 aromatic rings. The van der Waals surface area contributed by atoms with Gasteiger partial charge in [0, 0.05) is 27.6 Å². The first-order valence-electron chi connectivity index (χ1n) is 11.0. The summed E-state index contributed by atoms with van der Waals surface area (Å²) in [7, 11) is 0. The maximum Gasteiger partial charge on any atom is 0.139 e. The summed E-state index contributed by atoms with van der Waals surface area (Å²) in [6.07, 6.45) is 1.03. The topological polar surface area (TPSA) is 26.3 Å². The summed E-state index contributed by atoms with van der Waals surface area (Å²) < 4.78 is 12.0. The molecule has 2 aromatic heterocycles. The fraction of sp³-hybridized carbons (Fsp3) is 0.333. The van der Waals surface area contributed by atoms with Crippen molar-refractivity contribution in [2.45, 2.75) is 61.8 Å². The normalized spacial score (nSPS) is 10.2. The Bertz CT molecular complexity index is 1210. The number of hydrogen-bond donors (Lipinski definition) is 0. The molecule has 5 rings (SSSR count). The second kappa shape index (κ2) is 10.2. The van der Waals surface area contributed by atoms with Crippen LogP contribution in [0.4, 0.5) is 0 Å². The van der Waals surface area contributed by atoms with Crippen molar-refractivity contribution in [1.82, 2.24) is 0 Å². The van der Waals surface area contributed by atoms with Crippen molar-refractivity contribution in [3.63, 3.8) is 0 Å². The maximum absolute atomic E-state index is 6.02. The molecule has 2 heteroatoms. The molecule has 154 valence electrons. The minimum atomic E-state index is 0.882. The Morgan fingerprint density at radius 1 is 0.552 bits per heavy atom. The highest BCUT2D eigenvalue weighted by Crippen LogP contribution is 2.37. The van der Waals surface area contributed by atoms with Crippen LogP contribution in [-0.2, 0) is 6.42 Å². The highest BCUT2D eigenvalue weighted by atomic mass is 16.3. The lowest BCUT2D eigenvalue weighted by Gasteiger charge is -1.96. The van der Waals surface area contributed by atoms with Crippen molar-refractivity contribution in [2.75, 3.05) is 0 Å². The number of furan rings is 2. The molecule has 0 unspecified atom stereocenters. The molecule has 0 N–H and O–H groups in total. The van der Waals surface area contributed by atoms with Crippen molar-refractivity contribution in [2.24, 2.45) is 0 Å². The maximum atomic E-state index is 6.02. The van der Waals surface area contributed by atoms with E-state index in [4.69, 9.17) is 8.83 Å². The first-order chi connectivity index (χ1) is 14.2. The molecule has 0 spiro atoms. The Morgan fingerprint density at radius 2 is 1.03 bits per heavy atom. The van der Waals surface area contributed by atoms with E-state index in [-0.39, 0.29) is 0 Å². The van der Waals surface area contributed by atoms with Crippen molar-refractivity contribution in [3.8, 4) is 0 Å². The molecule has 0 saturated carbocycles. The smallest absolute Gasteiger partial charge is 0.139 e. The van der Waals surface area contributed by atoms with Crippen LogP contribution >= 0.6 is 0 Å². The minimum Gasteiger partial charge on any atom is -0.456 e. The standard InChI is InChI=1S/C21H16O2.3C2H6/c1-3-13-5-7-19-15(9-13)17-10-16-14-8-12(2)4-6-18(14)22-20(16)11-21(17)23-19;3*1-2/h4-11H,3H2,1-2H3;3*1-2H3. The molecule has 29 heavy (non-hydrogen) atoms. The van der Waals surface area contributed by atoms with Gasteiger partial charge >= 0.3 is 0 Å². The Hall–Kier alpha value is -2.74. The summed E-state index contributed by atoms with van der Waals surface area (Å²) in [5.74, 6) is 0. The lowest BCUT2D eigenvalue weighted by atomic mass is 10.0. The number of hydrogen-bond acceptors (Lipinski definition) is 2. The zero-order chi connectivity index (χ0) is 21.6. The van der Waals surface area contributed by atoms with Crippen molar-refractivity contribution in [3.05, 3.63) is 59.7 Å². The summed E-state index contributed by atoms with van der Waals surface area (Å²) in [6, 6.07) is 17.0. The van der Waals surface area contributed by atoms with Crippen LogP contribution in [0, 0.1) is 6.92 Å². The lowest BCUT2D eigenvalue weighted by Crippen LogP contribution is -1.77. The summed E-state index contributed by atoms with van der Waals surface area (Å²) >= 11 is 0. The molecule has 0 amide bonds. The van der Waals surface area contributed by atoms with Gasteiger partial charge in [-0.1, -0.05) is 66.2 Å². The van der Waals surface area contributed by atoms with E-state index in [0.717, 1.165) is 39.5 Å². The van der Waals surface area contributed by atoms with Crippen LogP contribution in [0.1, 0.15) is 59.6 Å². The molecule has 0 aliphatic carbocycles.